The summed E-state index contributed by atoms with van der Waals surface area (Å²) in [7, 11) is 3.34. The second-order valence-electron chi connectivity index (χ2n) is 3.26. The van der Waals surface area contributed by atoms with Gasteiger partial charge in [0.2, 0.25) is 5.91 Å². The first-order valence-electron chi connectivity index (χ1n) is 4.53. The average molecular weight is 240 g/mol. The van der Waals surface area contributed by atoms with Gasteiger partial charge < -0.3 is 10.0 Å². The number of hydrogen-bond donors (Lipinski definition) is 1. The highest BCUT2D eigenvalue weighted by Crippen LogP contribution is 2.16. The Kier molecular flexibility index (Phi) is 4.30. The molecular formula is C10H12N2O3S. The molecule has 0 aromatic carbocycles. The topological polar surface area (TPSA) is 70.5 Å². The van der Waals surface area contributed by atoms with Crippen molar-refractivity contribution in [2.75, 3.05) is 19.8 Å². The highest BCUT2D eigenvalue weighted by molar-refractivity contribution is 7.99. The van der Waals surface area contributed by atoms with Gasteiger partial charge in [-0.05, 0) is 12.1 Å². The Balaban J connectivity index is 2.64. The summed E-state index contributed by atoms with van der Waals surface area (Å²) < 4.78 is 0. The summed E-state index contributed by atoms with van der Waals surface area (Å²) in [5.74, 6) is -0.779. The van der Waals surface area contributed by atoms with Gasteiger partial charge in [0.1, 0.15) is 0 Å². The molecule has 0 aliphatic rings. The van der Waals surface area contributed by atoms with Crippen LogP contribution in [0.5, 0.6) is 0 Å². The Morgan fingerprint density at radius 3 is 2.75 bits per heavy atom. The lowest BCUT2D eigenvalue weighted by Crippen LogP contribution is -2.23. The van der Waals surface area contributed by atoms with E-state index in [-0.39, 0.29) is 17.2 Å². The fraction of sp³-hybridized carbons (Fsp3) is 0.300. The molecule has 1 amide bonds. The van der Waals surface area contributed by atoms with E-state index in [4.69, 9.17) is 5.11 Å². The van der Waals surface area contributed by atoms with E-state index in [0.29, 0.717) is 5.03 Å². The number of rotatable bonds is 4. The van der Waals surface area contributed by atoms with Gasteiger partial charge in [0.05, 0.1) is 16.3 Å². The number of thioether (sulfide) groups is 1. The highest BCUT2D eigenvalue weighted by Gasteiger charge is 2.08. The van der Waals surface area contributed by atoms with Gasteiger partial charge >= 0.3 is 5.97 Å². The molecule has 1 N–H and O–H groups in total. The second-order valence-corrected chi connectivity index (χ2v) is 4.26. The molecule has 1 aromatic rings. The van der Waals surface area contributed by atoms with Crippen LogP contribution in [0.2, 0.25) is 0 Å². The Bertz CT molecular complexity index is 407. The van der Waals surface area contributed by atoms with Crippen LogP contribution >= 0.6 is 11.8 Å². The van der Waals surface area contributed by atoms with Crippen molar-refractivity contribution in [2.45, 2.75) is 5.03 Å². The normalized spacial score (nSPS) is 9.88. The van der Waals surface area contributed by atoms with Crippen LogP contribution in [0.15, 0.2) is 23.4 Å². The van der Waals surface area contributed by atoms with E-state index < -0.39 is 5.97 Å². The molecule has 1 aromatic heterocycles. The maximum absolute atomic E-state index is 11.3. The van der Waals surface area contributed by atoms with Gasteiger partial charge in [-0.25, -0.2) is 9.78 Å². The number of carbonyl (C=O) groups is 2. The van der Waals surface area contributed by atoms with Crippen LogP contribution < -0.4 is 0 Å². The van der Waals surface area contributed by atoms with Gasteiger partial charge in [-0.2, -0.15) is 0 Å². The second kappa shape index (κ2) is 5.50. The van der Waals surface area contributed by atoms with Crippen LogP contribution in [0.3, 0.4) is 0 Å². The van der Waals surface area contributed by atoms with Gasteiger partial charge in [-0.15, -0.1) is 0 Å². The molecule has 86 valence electrons. The van der Waals surface area contributed by atoms with E-state index in [9.17, 15) is 9.59 Å². The first-order valence-corrected chi connectivity index (χ1v) is 5.51. The number of hydrogen-bond acceptors (Lipinski definition) is 4. The molecule has 0 fully saturated rings. The molecule has 0 aliphatic heterocycles. The van der Waals surface area contributed by atoms with Crippen LogP contribution in [-0.4, -0.2) is 46.7 Å². The van der Waals surface area contributed by atoms with Crippen LogP contribution in [0.25, 0.3) is 0 Å². The van der Waals surface area contributed by atoms with Crippen molar-refractivity contribution >= 4 is 23.6 Å². The molecule has 0 aliphatic carbocycles. The minimum Gasteiger partial charge on any atom is -0.478 e. The summed E-state index contributed by atoms with van der Waals surface area (Å²) in [5.41, 5.74) is 0.176. The zero-order valence-electron chi connectivity index (χ0n) is 9.01. The van der Waals surface area contributed by atoms with E-state index >= 15 is 0 Å². The molecule has 0 radical (unpaired) electrons. The van der Waals surface area contributed by atoms with Gasteiger partial charge in [-0.1, -0.05) is 11.8 Å². The minimum atomic E-state index is -0.997. The summed E-state index contributed by atoms with van der Waals surface area (Å²) in [6.45, 7) is 0. The first-order chi connectivity index (χ1) is 7.50. The molecule has 0 spiro atoms. The number of pyridine rings is 1. The fourth-order valence-electron chi connectivity index (χ4n) is 0.886. The molecule has 0 saturated carbocycles. The number of nitrogens with zero attached hydrogens (tertiary/aromatic N) is 2. The molecule has 0 unspecified atom stereocenters. The zero-order valence-corrected chi connectivity index (χ0v) is 9.82. The standard InChI is InChI=1S/C10H12N2O3S/c1-12(2)9(13)6-16-8-5-7(10(14)15)3-4-11-8/h3-5H,6H2,1-2H3,(H,14,15). The predicted molar refractivity (Wildman–Crippen MR) is 60.6 cm³/mol. The van der Waals surface area contributed by atoms with E-state index in [0.717, 1.165) is 0 Å². The summed E-state index contributed by atoms with van der Waals surface area (Å²) >= 11 is 1.22. The molecule has 1 rings (SSSR count). The van der Waals surface area contributed by atoms with Crippen molar-refractivity contribution in [3.8, 4) is 0 Å². The molecule has 16 heavy (non-hydrogen) atoms. The number of amides is 1. The molecule has 0 atom stereocenters. The third-order valence-electron chi connectivity index (χ3n) is 1.82. The van der Waals surface area contributed by atoms with Crippen LogP contribution in [-0.2, 0) is 4.79 Å². The van der Waals surface area contributed by atoms with Gasteiger partial charge in [0.25, 0.3) is 0 Å². The van der Waals surface area contributed by atoms with Gasteiger partial charge in [0.15, 0.2) is 0 Å². The third-order valence-corrected chi connectivity index (χ3v) is 2.73. The molecular weight excluding hydrogens is 228 g/mol. The molecule has 6 heteroatoms. The third kappa shape index (κ3) is 3.54. The van der Waals surface area contributed by atoms with Crippen LogP contribution in [0.1, 0.15) is 10.4 Å². The van der Waals surface area contributed by atoms with E-state index in [1.165, 1.54) is 35.0 Å². The highest BCUT2D eigenvalue weighted by atomic mass is 32.2. The summed E-state index contributed by atoms with van der Waals surface area (Å²) in [5, 5.41) is 9.30. The molecule has 0 saturated heterocycles. The van der Waals surface area contributed by atoms with Gasteiger partial charge in [0, 0.05) is 20.3 Å². The van der Waals surface area contributed by atoms with Crippen molar-refractivity contribution < 1.29 is 14.7 Å². The van der Waals surface area contributed by atoms with Crippen molar-refractivity contribution in [3.63, 3.8) is 0 Å². The number of carbonyl (C=O) groups excluding carboxylic acids is 1. The predicted octanol–water partition coefficient (Wildman–Crippen LogP) is 0.960. The Morgan fingerprint density at radius 1 is 1.50 bits per heavy atom. The van der Waals surface area contributed by atoms with Crippen molar-refractivity contribution in [1.82, 2.24) is 9.88 Å². The van der Waals surface area contributed by atoms with E-state index in [1.807, 2.05) is 0 Å². The summed E-state index contributed by atoms with van der Waals surface area (Å²) in [6, 6.07) is 2.87. The largest absolute Gasteiger partial charge is 0.478 e. The van der Waals surface area contributed by atoms with Crippen molar-refractivity contribution in [3.05, 3.63) is 23.9 Å². The van der Waals surface area contributed by atoms with E-state index in [1.54, 1.807) is 14.1 Å². The number of carboxylic acids is 1. The average Bonchev–Trinajstić information content (AvgIpc) is 2.26. The quantitative estimate of drug-likeness (QED) is 0.794. The summed E-state index contributed by atoms with van der Waals surface area (Å²) in [4.78, 5) is 27.4. The van der Waals surface area contributed by atoms with Gasteiger partial charge in [-0.3, -0.25) is 4.79 Å². The van der Waals surface area contributed by atoms with Crippen molar-refractivity contribution in [1.29, 1.82) is 0 Å². The lowest BCUT2D eigenvalue weighted by atomic mass is 10.3. The van der Waals surface area contributed by atoms with Crippen molar-refractivity contribution in [2.24, 2.45) is 0 Å². The number of aromatic carboxylic acids is 1. The van der Waals surface area contributed by atoms with E-state index in [2.05, 4.69) is 4.98 Å². The zero-order chi connectivity index (χ0) is 12.1. The maximum Gasteiger partial charge on any atom is 0.335 e. The lowest BCUT2D eigenvalue weighted by Gasteiger charge is -2.09. The Morgan fingerprint density at radius 2 is 2.19 bits per heavy atom. The number of carboxylic acid groups (broad SMARTS) is 1. The van der Waals surface area contributed by atoms with Crippen LogP contribution in [0, 0.1) is 0 Å². The monoisotopic (exact) mass is 240 g/mol. The molecule has 5 nitrogen and oxygen atoms in total. The fourth-order valence-corrected chi connectivity index (χ4v) is 1.76. The molecule has 0 bridgehead atoms. The molecule has 1 heterocycles. The Hall–Kier alpha value is -1.56. The smallest absolute Gasteiger partial charge is 0.335 e. The summed E-state index contributed by atoms with van der Waals surface area (Å²) in [6.07, 6.45) is 1.42. The Labute approximate surface area is 97.5 Å². The number of aromatic nitrogens is 1. The maximum atomic E-state index is 11.3. The van der Waals surface area contributed by atoms with Crippen LogP contribution in [0.4, 0.5) is 0 Å². The SMILES string of the molecule is CN(C)C(=O)CSc1cc(C(=O)O)ccn1. The lowest BCUT2D eigenvalue weighted by molar-refractivity contribution is -0.125. The minimum absolute atomic E-state index is 0.0347. The first kappa shape index (κ1) is 12.5.